The Bertz CT molecular complexity index is 725. The molecular formula is C17H16F6N2. The Morgan fingerprint density at radius 3 is 1.20 bits per heavy atom. The van der Waals surface area contributed by atoms with Gasteiger partial charge in [-0.05, 0) is 35.4 Å². The maximum Gasteiger partial charge on any atom is 0.418 e. The Hall–Kier alpha value is -2.38. The van der Waals surface area contributed by atoms with E-state index < -0.39 is 40.3 Å². The fraction of sp³-hybridized carbons (Fsp3) is 0.294. The molecule has 0 saturated carbocycles. The zero-order chi connectivity index (χ0) is 19.2. The lowest BCUT2D eigenvalue weighted by atomic mass is 9.77. The summed E-state index contributed by atoms with van der Waals surface area (Å²) >= 11 is 0. The third-order valence-corrected chi connectivity index (χ3v) is 4.16. The van der Waals surface area contributed by atoms with E-state index in [0.717, 1.165) is 12.1 Å². The number of anilines is 2. The average Bonchev–Trinajstić information content (AvgIpc) is 2.44. The highest BCUT2D eigenvalue weighted by Crippen LogP contribution is 2.40. The topological polar surface area (TPSA) is 52.0 Å². The molecule has 2 rings (SSSR count). The Kier molecular flexibility index (Phi) is 4.44. The van der Waals surface area contributed by atoms with Gasteiger partial charge in [-0.25, -0.2) is 0 Å². The van der Waals surface area contributed by atoms with E-state index in [1.54, 1.807) is 13.8 Å². The second kappa shape index (κ2) is 5.86. The molecule has 136 valence electrons. The number of nitrogen functional groups attached to an aromatic ring is 2. The van der Waals surface area contributed by atoms with Crippen molar-refractivity contribution in [2.24, 2.45) is 0 Å². The van der Waals surface area contributed by atoms with Crippen LogP contribution in [0.15, 0.2) is 36.4 Å². The summed E-state index contributed by atoms with van der Waals surface area (Å²) in [6, 6.07) is 6.59. The minimum absolute atomic E-state index is 0.428. The smallest absolute Gasteiger partial charge is 0.398 e. The summed E-state index contributed by atoms with van der Waals surface area (Å²) in [7, 11) is 0. The Balaban J connectivity index is 2.49. The van der Waals surface area contributed by atoms with Crippen LogP contribution in [-0.4, -0.2) is 0 Å². The molecule has 0 aliphatic carbocycles. The molecule has 2 nitrogen and oxygen atoms in total. The molecule has 0 amide bonds. The van der Waals surface area contributed by atoms with Crippen molar-refractivity contribution >= 4 is 11.4 Å². The van der Waals surface area contributed by atoms with Gasteiger partial charge in [0.15, 0.2) is 0 Å². The molecule has 2 aromatic carbocycles. The minimum atomic E-state index is -4.58. The molecule has 0 unspecified atom stereocenters. The van der Waals surface area contributed by atoms with Gasteiger partial charge in [-0.1, -0.05) is 26.0 Å². The molecule has 0 aliphatic heterocycles. The van der Waals surface area contributed by atoms with Gasteiger partial charge in [-0.2, -0.15) is 26.3 Å². The van der Waals surface area contributed by atoms with E-state index in [4.69, 9.17) is 11.5 Å². The van der Waals surface area contributed by atoms with Crippen molar-refractivity contribution in [2.45, 2.75) is 31.6 Å². The van der Waals surface area contributed by atoms with Gasteiger partial charge >= 0.3 is 12.4 Å². The van der Waals surface area contributed by atoms with Crippen LogP contribution in [0.1, 0.15) is 36.1 Å². The number of nitrogens with two attached hydrogens (primary N) is 2. The molecule has 4 N–H and O–H groups in total. The van der Waals surface area contributed by atoms with Gasteiger partial charge in [0.05, 0.1) is 11.1 Å². The summed E-state index contributed by atoms with van der Waals surface area (Å²) in [5.41, 5.74) is 8.15. The first-order chi connectivity index (χ1) is 11.2. The van der Waals surface area contributed by atoms with Crippen LogP contribution < -0.4 is 11.5 Å². The third-order valence-electron chi connectivity index (χ3n) is 4.16. The first-order valence-corrected chi connectivity index (χ1v) is 7.19. The molecule has 0 fully saturated rings. The lowest BCUT2D eigenvalue weighted by Gasteiger charge is -2.28. The van der Waals surface area contributed by atoms with Gasteiger partial charge in [0, 0.05) is 16.8 Å². The quantitative estimate of drug-likeness (QED) is 0.569. The largest absolute Gasteiger partial charge is 0.418 e. The van der Waals surface area contributed by atoms with Gasteiger partial charge in [-0.15, -0.1) is 0 Å². The van der Waals surface area contributed by atoms with Crippen molar-refractivity contribution in [3.63, 3.8) is 0 Å². The Labute approximate surface area is 140 Å². The fourth-order valence-electron chi connectivity index (χ4n) is 2.59. The molecule has 0 spiro atoms. The molecule has 8 heteroatoms. The van der Waals surface area contributed by atoms with E-state index in [1.807, 2.05) is 0 Å². The molecule has 25 heavy (non-hydrogen) atoms. The zero-order valence-corrected chi connectivity index (χ0v) is 13.4. The first kappa shape index (κ1) is 19.0. The van der Waals surface area contributed by atoms with Crippen molar-refractivity contribution in [3.05, 3.63) is 58.7 Å². The predicted octanol–water partition coefficient (Wildman–Crippen LogP) is 5.21. The van der Waals surface area contributed by atoms with Crippen LogP contribution in [0, 0.1) is 0 Å². The van der Waals surface area contributed by atoms with E-state index in [1.165, 1.54) is 24.3 Å². The van der Waals surface area contributed by atoms with E-state index in [9.17, 15) is 26.3 Å². The van der Waals surface area contributed by atoms with Gasteiger partial charge in [0.2, 0.25) is 0 Å². The van der Waals surface area contributed by atoms with Crippen LogP contribution in [0.5, 0.6) is 0 Å². The van der Waals surface area contributed by atoms with Crippen LogP contribution >= 0.6 is 0 Å². The monoisotopic (exact) mass is 362 g/mol. The maximum absolute atomic E-state index is 12.8. The van der Waals surface area contributed by atoms with Gasteiger partial charge in [0.1, 0.15) is 0 Å². The second-order valence-electron chi connectivity index (χ2n) is 6.22. The molecule has 0 saturated heterocycles. The van der Waals surface area contributed by atoms with Crippen LogP contribution in [-0.2, 0) is 17.8 Å². The highest BCUT2D eigenvalue weighted by molar-refractivity contribution is 5.57. The van der Waals surface area contributed by atoms with Gasteiger partial charge in [-0.3, -0.25) is 0 Å². The van der Waals surface area contributed by atoms with E-state index >= 15 is 0 Å². The fourth-order valence-corrected chi connectivity index (χ4v) is 2.59. The minimum Gasteiger partial charge on any atom is -0.398 e. The summed E-state index contributed by atoms with van der Waals surface area (Å²) in [5.74, 6) is 0. The summed E-state index contributed by atoms with van der Waals surface area (Å²) < 4.78 is 76.8. The number of alkyl halides is 6. The van der Waals surface area contributed by atoms with Crippen LogP contribution in [0.4, 0.5) is 37.7 Å². The highest BCUT2D eigenvalue weighted by Gasteiger charge is 2.36. The number of hydrogen-bond donors (Lipinski definition) is 2. The molecule has 0 aliphatic rings. The standard InChI is InChI=1S/C17H16F6N2/c1-15(2,9-3-5-11(13(24)7-9)16(18,19)20)10-4-6-12(14(25)8-10)17(21,22)23/h3-8H,24-25H2,1-2H3. The maximum atomic E-state index is 12.8. The summed E-state index contributed by atoms with van der Waals surface area (Å²) in [4.78, 5) is 0. The van der Waals surface area contributed by atoms with Crippen LogP contribution in [0.25, 0.3) is 0 Å². The normalized spacial score (nSPS) is 13.1. The van der Waals surface area contributed by atoms with Crippen molar-refractivity contribution in [2.75, 3.05) is 11.5 Å². The predicted molar refractivity (Wildman–Crippen MR) is 83.8 cm³/mol. The highest BCUT2D eigenvalue weighted by atomic mass is 19.4. The first-order valence-electron chi connectivity index (χ1n) is 7.19. The van der Waals surface area contributed by atoms with E-state index in [2.05, 4.69) is 0 Å². The van der Waals surface area contributed by atoms with E-state index in [0.29, 0.717) is 11.1 Å². The summed E-state index contributed by atoms with van der Waals surface area (Å²) in [6.07, 6.45) is -9.16. The van der Waals surface area contributed by atoms with Gasteiger partial charge < -0.3 is 11.5 Å². The number of halogens is 6. The Morgan fingerprint density at radius 1 is 0.640 bits per heavy atom. The Morgan fingerprint density at radius 2 is 0.960 bits per heavy atom. The average molecular weight is 362 g/mol. The molecule has 0 bridgehead atoms. The lowest BCUT2D eigenvalue weighted by Crippen LogP contribution is -2.21. The molecule has 0 radical (unpaired) electrons. The molecule has 0 aromatic heterocycles. The number of hydrogen-bond acceptors (Lipinski definition) is 2. The third kappa shape index (κ3) is 3.67. The van der Waals surface area contributed by atoms with E-state index in [-0.39, 0.29) is 0 Å². The molecule has 0 atom stereocenters. The number of rotatable bonds is 2. The lowest BCUT2D eigenvalue weighted by molar-refractivity contribution is -0.137. The molecular weight excluding hydrogens is 346 g/mol. The molecule has 0 heterocycles. The summed E-state index contributed by atoms with van der Waals surface area (Å²) in [6.45, 7) is 3.33. The number of benzene rings is 2. The SMILES string of the molecule is CC(C)(c1ccc(C(F)(F)F)c(N)c1)c1ccc(C(F)(F)F)c(N)c1. The summed E-state index contributed by atoms with van der Waals surface area (Å²) in [5, 5.41) is 0. The zero-order valence-electron chi connectivity index (χ0n) is 13.4. The molecule has 2 aromatic rings. The van der Waals surface area contributed by atoms with Crippen LogP contribution in [0.2, 0.25) is 0 Å². The van der Waals surface area contributed by atoms with Crippen LogP contribution in [0.3, 0.4) is 0 Å². The van der Waals surface area contributed by atoms with Crippen molar-refractivity contribution in [3.8, 4) is 0 Å². The van der Waals surface area contributed by atoms with Crippen molar-refractivity contribution in [1.82, 2.24) is 0 Å². The van der Waals surface area contributed by atoms with Crippen molar-refractivity contribution < 1.29 is 26.3 Å². The second-order valence-corrected chi connectivity index (χ2v) is 6.22. The van der Waals surface area contributed by atoms with Crippen molar-refractivity contribution in [1.29, 1.82) is 0 Å². The van der Waals surface area contributed by atoms with Gasteiger partial charge in [0.25, 0.3) is 0 Å².